The molecule has 7 heteroatoms. The first-order chi connectivity index (χ1) is 17.7. The number of rotatable bonds is 7. The van der Waals surface area contributed by atoms with Crippen LogP contribution in [0.25, 0.3) is 22.5 Å². The molecule has 0 amide bonds. The summed E-state index contributed by atoms with van der Waals surface area (Å²) in [5, 5.41) is 10.4. The van der Waals surface area contributed by atoms with Crippen molar-refractivity contribution in [3.8, 4) is 22.5 Å². The van der Waals surface area contributed by atoms with Crippen molar-refractivity contribution < 1.29 is 4.74 Å². The second-order valence-electron chi connectivity index (χ2n) is 9.07. The molecule has 36 heavy (non-hydrogen) atoms. The highest BCUT2D eigenvalue weighted by Gasteiger charge is 2.21. The summed E-state index contributed by atoms with van der Waals surface area (Å²) in [7, 11) is 0. The Morgan fingerprint density at radius 3 is 2.58 bits per heavy atom. The average Bonchev–Trinajstić information content (AvgIpc) is 3.61. The van der Waals surface area contributed by atoms with Crippen LogP contribution in [0.4, 0.5) is 11.5 Å². The van der Waals surface area contributed by atoms with Crippen molar-refractivity contribution in [1.82, 2.24) is 25.1 Å². The van der Waals surface area contributed by atoms with E-state index in [2.05, 4.69) is 69.9 Å². The van der Waals surface area contributed by atoms with Gasteiger partial charge in [0.1, 0.15) is 5.82 Å². The molecule has 3 aromatic heterocycles. The average molecular weight is 475 g/mol. The lowest BCUT2D eigenvalue weighted by molar-refractivity contribution is 0.133. The van der Waals surface area contributed by atoms with Crippen LogP contribution in [-0.4, -0.2) is 25.1 Å². The molecule has 4 heterocycles. The van der Waals surface area contributed by atoms with E-state index in [0.29, 0.717) is 19.0 Å². The van der Waals surface area contributed by atoms with E-state index in [1.807, 2.05) is 36.9 Å². The summed E-state index contributed by atoms with van der Waals surface area (Å²) in [4.78, 5) is 14.1. The summed E-state index contributed by atoms with van der Waals surface area (Å²) in [6.07, 6.45) is 9.41. The monoisotopic (exact) mass is 474 g/mol. The number of anilines is 2. The van der Waals surface area contributed by atoms with Crippen LogP contribution in [0.15, 0.2) is 79.4 Å². The van der Waals surface area contributed by atoms with Gasteiger partial charge >= 0.3 is 0 Å². The molecule has 0 saturated heterocycles. The van der Waals surface area contributed by atoms with Gasteiger partial charge in [0.05, 0.1) is 25.1 Å². The van der Waals surface area contributed by atoms with E-state index < -0.39 is 0 Å². The van der Waals surface area contributed by atoms with Crippen LogP contribution in [-0.2, 0) is 30.8 Å². The molecule has 0 bridgehead atoms. The highest BCUT2D eigenvalue weighted by molar-refractivity contribution is 5.69. The van der Waals surface area contributed by atoms with Gasteiger partial charge in [-0.15, -0.1) is 0 Å². The zero-order valence-electron chi connectivity index (χ0n) is 20.0. The highest BCUT2D eigenvalue weighted by atomic mass is 16.5. The summed E-state index contributed by atoms with van der Waals surface area (Å²) in [5.74, 6) is 1.50. The van der Waals surface area contributed by atoms with E-state index in [-0.39, 0.29) is 0 Å². The molecule has 0 atom stereocenters. The minimum atomic E-state index is 0.499. The zero-order chi connectivity index (χ0) is 24.3. The van der Waals surface area contributed by atoms with Crippen LogP contribution < -0.4 is 5.32 Å². The van der Waals surface area contributed by atoms with Crippen molar-refractivity contribution in [2.75, 3.05) is 5.32 Å². The van der Waals surface area contributed by atoms with Crippen molar-refractivity contribution in [3.05, 3.63) is 107 Å². The fraction of sp³-hybridized carbons (Fsp3) is 0.172. The molecule has 0 aliphatic carbocycles. The van der Waals surface area contributed by atoms with Crippen molar-refractivity contribution in [1.29, 1.82) is 0 Å². The molecule has 0 fully saturated rings. The highest BCUT2D eigenvalue weighted by Crippen LogP contribution is 2.31. The Bertz CT molecular complexity index is 1500. The van der Waals surface area contributed by atoms with E-state index in [1.54, 1.807) is 0 Å². The van der Waals surface area contributed by atoms with E-state index >= 15 is 0 Å². The number of aryl methyl sites for hydroxylation is 3. The van der Waals surface area contributed by atoms with Crippen LogP contribution in [0.5, 0.6) is 0 Å². The van der Waals surface area contributed by atoms with Crippen molar-refractivity contribution in [2.24, 2.45) is 0 Å². The molecule has 0 spiro atoms. The van der Waals surface area contributed by atoms with Crippen LogP contribution in [0.1, 0.15) is 27.9 Å². The van der Waals surface area contributed by atoms with Crippen LogP contribution >= 0.6 is 0 Å². The number of fused-ring (bicyclic) bond motifs is 1. The number of nitrogens with zero attached hydrogens (tertiary/aromatic N) is 4. The molecule has 7 nitrogen and oxygen atoms in total. The predicted molar refractivity (Wildman–Crippen MR) is 140 cm³/mol. The first-order valence-electron chi connectivity index (χ1n) is 12.0. The third-order valence-corrected chi connectivity index (χ3v) is 6.38. The molecule has 0 radical (unpaired) electrons. The minimum Gasteiger partial charge on any atom is -0.370 e. The molecular weight excluding hydrogens is 448 g/mol. The van der Waals surface area contributed by atoms with Gasteiger partial charge in [-0.05, 0) is 60.2 Å². The molecule has 1 aliphatic rings. The second kappa shape index (κ2) is 9.71. The zero-order valence-corrected chi connectivity index (χ0v) is 20.0. The van der Waals surface area contributed by atoms with Gasteiger partial charge in [0.15, 0.2) is 5.82 Å². The van der Waals surface area contributed by atoms with Gasteiger partial charge in [0, 0.05) is 41.0 Å². The summed E-state index contributed by atoms with van der Waals surface area (Å²) < 4.78 is 5.71. The lowest BCUT2D eigenvalue weighted by Gasteiger charge is -2.12. The Balaban J connectivity index is 1.25. The third kappa shape index (κ3) is 4.74. The Morgan fingerprint density at radius 2 is 1.75 bits per heavy atom. The smallest absolute Gasteiger partial charge is 0.161 e. The summed E-state index contributed by atoms with van der Waals surface area (Å²) in [6.45, 7) is 3.08. The first-order valence-corrected chi connectivity index (χ1v) is 12.0. The first kappa shape index (κ1) is 22.1. The van der Waals surface area contributed by atoms with Gasteiger partial charge in [-0.25, -0.2) is 9.97 Å². The Labute approximate surface area is 209 Å². The van der Waals surface area contributed by atoms with Crippen LogP contribution in [0.2, 0.25) is 0 Å². The molecule has 0 unspecified atom stereocenters. The lowest BCUT2D eigenvalue weighted by Crippen LogP contribution is -2.04. The summed E-state index contributed by atoms with van der Waals surface area (Å²) in [6, 6.07) is 18.9. The summed E-state index contributed by atoms with van der Waals surface area (Å²) in [5.41, 5.74) is 9.75. The fourth-order valence-electron chi connectivity index (χ4n) is 4.48. The molecule has 0 saturated carbocycles. The fourth-order valence-corrected chi connectivity index (χ4v) is 4.48. The van der Waals surface area contributed by atoms with Gasteiger partial charge < -0.3 is 10.1 Å². The van der Waals surface area contributed by atoms with Crippen molar-refractivity contribution in [3.63, 3.8) is 0 Å². The number of ether oxygens (including phenoxy) is 1. The maximum Gasteiger partial charge on any atom is 0.161 e. The van der Waals surface area contributed by atoms with Crippen LogP contribution in [0.3, 0.4) is 0 Å². The van der Waals surface area contributed by atoms with E-state index in [4.69, 9.17) is 14.7 Å². The molecular formula is C29H26N6O. The number of benzene rings is 2. The number of pyridine rings is 1. The maximum absolute atomic E-state index is 5.71. The molecule has 2 N–H and O–H groups in total. The van der Waals surface area contributed by atoms with Gasteiger partial charge in [-0.3, -0.25) is 10.1 Å². The molecule has 2 aromatic carbocycles. The topological polar surface area (TPSA) is 88.6 Å². The van der Waals surface area contributed by atoms with E-state index in [9.17, 15) is 0 Å². The molecule has 1 aliphatic heterocycles. The normalized spacial score (nSPS) is 12.5. The van der Waals surface area contributed by atoms with Gasteiger partial charge in [-0.1, -0.05) is 36.4 Å². The molecule has 6 rings (SSSR count). The lowest BCUT2D eigenvalue weighted by atomic mass is 10.0. The van der Waals surface area contributed by atoms with E-state index in [0.717, 1.165) is 52.3 Å². The van der Waals surface area contributed by atoms with Crippen LogP contribution in [0, 0.1) is 6.92 Å². The SMILES string of the molecule is Cc1cncc(CCc2cccc(-c3nc4c(c(Nc5ccc(-c6cn[nH]c6)cc5)n3)COC4)c2)c1. The third-order valence-electron chi connectivity index (χ3n) is 6.38. The number of hydrogen-bond donors (Lipinski definition) is 2. The summed E-state index contributed by atoms with van der Waals surface area (Å²) >= 11 is 0. The number of aromatic amines is 1. The Hall–Kier alpha value is -4.36. The Morgan fingerprint density at radius 1 is 0.861 bits per heavy atom. The van der Waals surface area contributed by atoms with Crippen molar-refractivity contribution >= 4 is 11.5 Å². The van der Waals surface area contributed by atoms with Gasteiger partial charge in [0.25, 0.3) is 0 Å². The number of hydrogen-bond acceptors (Lipinski definition) is 6. The standard InChI is InChI=1S/C29H26N6O/c1-19-11-21(14-30-13-19)6-5-20-3-2-4-23(12-20)28-34-27-18-36-17-26(27)29(35-28)33-25-9-7-22(8-10-25)24-15-31-32-16-24/h2-4,7-16H,5-6,17-18H2,1H3,(H,31,32)(H,33,34,35). The maximum atomic E-state index is 5.71. The number of aromatic nitrogens is 5. The molecule has 178 valence electrons. The van der Waals surface area contributed by atoms with Gasteiger partial charge in [-0.2, -0.15) is 5.10 Å². The van der Waals surface area contributed by atoms with Crippen molar-refractivity contribution in [2.45, 2.75) is 33.0 Å². The van der Waals surface area contributed by atoms with E-state index in [1.165, 1.54) is 16.7 Å². The predicted octanol–water partition coefficient (Wildman–Crippen LogP) is 5.80. The largest absolute Gasteiger partial charge is 0.370 e. The number of nitrogens with one attached hydrogen (secondary N) is 2. The minimum absolute atomic E-state index is 0.499. The molecule has 5 aromatic rings. The Kier molecular flexibility index (Phi) is 5.97. The van der Waals surface area contributed by atoms with Gasteiger partial charge in [0.2, 0.25) is 0 Å². The quantitative estimate of drug-likeness (QED) is 0.310. The second-order valence-corrected chi connectivity index (χ2v) is 9.07. The number of H-pyrrole nitrogens is 1.